The summed E-state index contributed by atoms with van der Waals surface area (Å²) in [5.74, 6) is 0.288. The summed E-state index contributed by atoms with van der Waals surface area (Å²) in [6.45, 7) is 4.39. The van der Waals surface area contributed by atoms with Crippen LogP contribution in [0.25, 0.3) is 0 Å². The fourth-order valence-electron chi connectivity index (χ4n) is 3.62. The van der Waals surface area contributed by atoms with Crippen molar-refractivity contribution in [3.05, 3.63) is 71.8 Å². The Balaban J connectivity index is 1.79. The van der Waals surface area contributed by atoms with E-state index in [1.54, 1.807) is 0 Å². The van der Waals surface area contributed by atoms with Gasteiger partial charge in [0, 0.05) is 25.7 Å². The quantitative estimate of drug-likeness (QED) is 0.908. The smallest absolute Gasteiger partial charge is 0.224 e. The number of likely N-dealkylation sites (tertiary alicyclic amines) is 1. The minimum absolute atomic E-state index is 0.0913. The van der Waals surface area contributed by atoms with Crippen LogP contribution in [-0.2, 0) is 11.3 Å². The Bertz CT molecular complexity index is 641. The van der Waals surface area contributed by atoms with Crippen LogP contribution in [0.1, 0.15) is 36.9 Å². The van der Waals surface area contributed by atoms with Gasteiger partial charge in [-0.1, -0.05) is 60.7 Å². The molecule has 126 valence electrons. The van der Waals surface area contributed by atoms with Crippen LogP contribution in [0, 0.1) is 5.92 Å². The Labute approximate surface area is 144 Å². The predicted octanol–water partition coefficient (Wildman–Crippen LogP) is 3.78. The van der Waals surface area contributed by atoms with Gasteiger partial charge in [-0.05, 0) is 30.9 Å². The molecular formula is C21H26N2O. The fraction of sp³-hybridized carbons (Fsp3) is 0.381. The lowest BCUT2D eigenvalue weighted by atomic mass is 9.88. The number of nitrogens with one attached hydrogen (secondary N) is 1. The highest BCUT2D eigenvalue weighted by atomic mass is 16.1. The number of benzene rings is 2. The minimum Gasteiger partial charge on any atom is -0.356 e. The van der Waals surface area contributed by atoms with Crippen LogP contribution < -0.4 is 5.32 Å². The van der Waals surface area contributed by atoms with Gasteiger partial charge in [0.25, 0.3) is 0 Å². The number of carbonyl (C=O) groups is 1. The monoisotopic (exact) mass is 322 g/mol. The van der Waals surface area contributed by atoms with Gasteiger partial charge in [0.15, 0.2) is 0 Å². The lowest BCUT2D eigenvalue weighted by Gasteiger charge is -2.39. The van der Waals surface area contributed by atoms with Crippen molar-refractivity contribution in [2.45, 2.75) is 32.4 Å². The third kappa shape index (κ3) is 4.04. The van der Waals surface area contributed by atoms with Crippen LogP contribution in [0.15, 0.2) is 60.7 Å². The fourth-order valence-corrected chi connectivity index (χ4v) is 3.62. The molecule has 1 aliphatic rings. The number of hydrogen-bond acceptors (Lipinski definition) is 2. The maximum Gasteiger partial charge on any atom is 0.224 e. The number of carbonyl (C=O) groups excluding carboxylic acids is 1. The average Bonchev–Trinajstić information content (AvgIpc) is 2.63. The molecule has 0 saturated carbocycles. The zero-order chi connectivity index (χ0) is 16.8. The maximum atomic E-state index is 12.3. The molecule has 3 nitrogen and oxygen atoms in total. The molecule has 0 aliphatic carbocycles. The first kappa shape index (κ1) is 16.7. The van der Waals surface area contributed by atoms with Gasteiger partial charge < -0.3 is 5.32 Å². The van der Waals surface area contributed by atoms with Gasteiger partial charge in [-0.25, -0.2) is 0 Å². The Morgan fingerprint density at radius 1 is 1.04 bits per heavy atom. The summed E-state index contributed by atoms with van der Waals surface area (Å²) < 4.78 is 0. The van der Waals surface area contributed by atoms with Crippen molar-refractivity contribution in [1.82, 2.24) is 10.2 Å². The first-order valence-corrected chi connectivity index (χ1v) is 8.88. The van der Waals surface area contributed by atoms with Crippen LogP contribution in [0.3, 0.4) is 0 Å². The third-order valence-electron chi connectivity index (χ3n) is 4.82. The molecule has 1 saturated heterocycles. The van der Waals surface area contributed by atoms with E-state index in [9.17, 15) is 4.79 Å². The van der Waals surface area contributed by atoms with Gasteiger partial charge in [0.2, 0.25) is 5.91 Å². The van der Waals surface area contributed by atoms with Crippen LogP contribution >= 0.6 is 0 Å². The van der Waals surface area contributed by atoms with Crippen molar-refractivity contribution in [1.29, 1.82) is 0 Å². The average molecular weight is 322 g/mol. The number of amides is 1. The topological polar surface area (TPSA) is 32.3 Å². The Kier molecular flexibility index (Phi) is 5.65. The van der Waals surface area contributed by atoms with Crippen molar-refractivity contribution < 1.29 is 4.79 Å². The second kappa shape index (κ2) is 8.11. The minimum atomic E-state index is 0.0913. The van der Waals surface area contributed by atoms with Crippen molar-refractivity contribution in [2.75, 3.05) is 13.1 Å². The highest BCUT2D eigenvalue weighted by Gasteiger charge is 2.32. The second-order valence-electron chi connectivity index (χ2n) is 6.51. The van der Waals surface area contributed by atoms with Crippen molar-refractivity contribution in [2.24, 2.45) is 5.92 Å². The summed E-state index contributed by atoms with van der Waals surface area (Å²) in [7, 11) is 0. The molecule has 0 bridgehead atoms. The summed E-state index contributed by atoms with van der Waals surface area (Å²) in [5.41, 5.74) is 2.65. The molecule has 2 aromatic carbocycles. The molecular weight excluding hydrogens is 296 g/mol. The molecule has 3 rings (SSSR count). The Morgan fingerprint density at radius 2 is 1.71 bits per heavy atom. The highest BCUT2D eigenvalue weighted by Crippen LogP contribution is 2.34. The molecule has 2 atom stereocenters. The Morgan fingerprint density at radius 3 is 2.38 bits per heavy atom. The number of nitrogens with zero attached hydrogens (tertiary/aromatic N) is 1. The van der Waals surface area contributed by atoms with Crippen LogP contribution in [0.4, 0.5) is 0 Å². The van der Waals surface area contributed by atoms with Crippen molar-refractivity contribution in [3.8, 4) is 0 Å². The first-order valence-electron chi connectivity index (χ1n) is 8.88. The van der Waals surface area contributed by atoms with Gasteiger partial charge in [0.1, 0.15) is 0 Å². The predicted molar refractivity (Wildman–Crippen MR) is 97.4 cm³/mol. The summed E-state index contributed by atoms with van der Waals surface area (Å²) in [4.78, 5) is 14.8. The van der Waals surface area contributed by atoms with E-state index >= 15 is 0 Å². The molecule has 0 radical (unpaired) electrons. The van der Waals surface area contributed by atoms with E-state index in [0.29, 0.717) is 12.6 Å². The standard InChI is InChI=1S/C21H26N2O/c1-2-22-21(24)19-13-14-20(18-11-7-4-8-12-18)23(16-19)15-17-9-5-3-6-10-17/h3-12,19-20H,2,13-16H2,1H3,(H,22,24). The van der Waals surface area contributed by atoms with E-state index < -0.39 is 0 Å². The van der Waals surface area contributed by atoms with Gasteiger partial charge in [-0.15, -0.1) is 0 Å². The molecule has 2 aromatic rings. The van der Waals surface area contributed by atoms with Crippen molar-refractivity contribution >= 4 is 5.91 Å². The van der Waals surface area contributed by atoms with E-state index in [0.717, 1.165) is 25.9 Å². The van der Waals surface area contributed by atoms with Gasteiger partial charge in [-0.2, -0.15) is 0 Å². The first-order chi connectivity index (χ1) is 11.8. The normalized spacial score (nSPS) is 21.4. The van der Waals surface area contributed by atoms with Crippen LogP contribution in [0.5, 0.6) is 0 Å². The van der Waals surface area contributed by atoms with E-state index in [1.807, 2.05) is 13.0 Å². The van der Waals surface area contributed by atoms with Gasteiger partial charge in [-0.3, -0.25) is 9.69 Å². The van der Waals surface area contributed by atoms with E-state index in [-0.39, 0.29) is 11.8 Å². The zero-order valence-electron chi connectivity index (χ0n) is 14.3. The highest BCUT2D eigenvalue weighted by molar-refractivity contribution is 5.78. The number of rotatable bonds is 5. The van der Waals surface area contributed by atoms with Gasteiger partial charge >= 0.3 is 0 Å². The molecule has 1 aliphatic heterocycles. The SMILES string of the molecule is CCNC(=O)C1CCC(c2ccccc2)N(Cc2ccccc2)C1. The summed E-state index contributed by atoms with van der Waals surface area (Å²) >= 11 is 0. The van der Waals surface area contributed by atoms with Crippen molar-refractivity contribution in [3.63, 3.8) is 0 Å². The van der Waals surface area contributed by atoms with E-state index in [1.165, 1.54) is 11.1 Å². The van der Waals surface area contributed by atoms with E-state index in [2.05, 4.69) is 64.8 Å². The third-order valence-corrected chi connectivity index (χ3v) is 4.82. The molecule has 1 amide bonds. The van der Waals surface area contributed by atoms with Gasteiger partial charge in [0.05, 0.1) is 5.92 Å². The number of piperidine rings is 1. The van der Waals surface area contributed by atoms with Crippen LogP contribution in [0.2, 0.25) is 0 Å². The molecule has 0 aromatic heterocycles. The molecule has 0 spiro atoms. The summed E-state index contributed by atoms with van der Waals surface area (Å²) in [6.07, 6.45) is 1.98. The lowest BCUT2D eigenvalue weighted by molar-refractivity contribution is -0.127. The molecule has 2 unspecified atom stereocenters. The molecule has 1 N–H and O–H groups in total. The molecule has 1 fully saturated rings. The molecule has 1 heterocycles. The second-order valence-corrected chi connectivity index (χ2v) is 6.51. The van der Waals surface area contributed by atoms with E-state index in [4.69, 9.17) is 0 Å². The lowest BCUT2D eigenvalue weighted by Crippen LogP contribution is -2.44. The Hall–Kier alpha value is -2.13. The molecule has 24 heavy (non-hydrogen) atoms. The summed E-state index contributed by atoms with van der Waals surface area (Å²) in [5, 5.41) is 2.99. The summed E-state index contributed by atoms with van der Waals surface area (Å²) in [6, 6.07) is 21.6. The zero-order valence-corrected chi connectivity index (χ0v) is 14.3. The molecule has 3 heteroatoms. The largest absolute Gasteiger partial charge is 0.356 e. The number of hydrogen-bond donors (Lipinski definition) is 1. The van der Waals surface area contributed by atoms with Crippen LogP contribution in [-0.4, -0.2) is 23.9 Å². The maximum absolute atomic E-state index is 12.3.